The highest BCUT2D eigenvalue weighted by Crippen LogP contribution is 2.32. The number of amides is 1. The fraction of sp³-hybridized carbons (Fsp3) is 0.429. The standard InChI is InChI=1S/C14H17ClN2O2/c1-5-14(3,8-16)13(18)17-11-6-9(2)10(15)7-12(11)19-4/h6-7H,5H2,1-4H3,(H,17,18). The lowest BCUT2D eigenvalue weighted by molar-refractivity contribution is -0.122. The number of nitrogens with zero attached hydrogens (tertiary/aromatic N) is 1. The van der Waals surface area contributed by atoms with Crippen molar-refractivity contribution in [2.45, 2.75) is 27.2 Å². The summed E-state index contributed by atoms with van der Waals surface area (Å²) in [6.45, 7) is 5.24. The van der Waals surface area contributed by atoms with E-state index in [9.17, 15) is 4.79 Å². The van der Waals surface area contributed by atoms with Gasteiger partial charge in [0.25, 0.3) is 0 Å². The fourth-order valence-corrected chi connectivity index (χ4v) is 1.63. The summed E-state index contributed by atoms with van der Waals surface area (Å²) in [4.78, 5) is 12.1. The fourth-order valence-electron chi connectivity index (χ4n) is 1.48. The Bertz CT molecular complexity index is 537. The minimum Gasteiger partial charge on any atom is -0.495 e. The molecule has 1 amide bonds. The van der Waals surface area contributed by atoms with Gasteiger partial charge in [0.05, 0.1) is 18.9 Å². The molecular weight excluding hydrogens is 264 g/mol. The van der Waals surface area contributed by atoms with Crippen LogP contribution in [0, 0.1) is 23.7 Å². The predicted octanol–water partition coefficient (Wildman–Crippen LogP) is 3.54. The van der Waals surface area contributed by atoms with E-state index >= 15 is 0 Å². The first-order valence-corrected chi connectivity index (χ1v) is 6.32. The first-order chi connectivity index (χ1) is 8.87. The third-order valence-corrected chi connectivity index (χ3v) is 3.59. The summed E-state index contributed by atoms with van der Waals surface area (Å²) in [5.74, 6) is 0.123. The van der Waals surface area contributed by atoms with Crippen molar-refractivity contribution in [3.05, 3.63) is 22.7 Å². The number of carbonyl (C=O) groups excluding carboxylic acids is 1. The summed E-state index contributed by atoms with van der Waals surface area (Å²) >= 11 is 6.00. The van der Waals surface area contributed by atoms with Crippen molar-refractivity contribution in [3.8, 4) is 11.8 Å². The molecule has 0 bridgehead atoms. The molecule has 1 unspecified atom stereocenters. The zero-order valence-corrected chi connectivity index (χ0v) is 12.3. The minimum atomic E-state index is -1.06. The maximum Gasteiger partial charge on any atom is 0.244 e. The maximum absolute atomic E-state index is 12.1. The van der Waals surface area contributed by atoms with E-state index in [0.29, 0.717) is 22.9 Å². The van der Waals surface area contributed by atoms with Crippen LogP contribution in [0.4, 0.5) is 5.69 Å². The number of benzene rings is 1. The van der Waals surface area contributed by atoms with Crippen LogP contribution < -0.4 is 10.1 Å². The van der Waals surface area contributed by atoms with Crippen LogP contribution in [0.15, 0.2) is 12.1 Å². The van der Waals surface area contributed by atoms with Gasteiger partial charge in [0.15, 0.2) is 0 Å². The van der Waals surface area contributed by atoms with Gasteiger partial charge in [-0.15, -0.1) is 0 Å². The number of carbonyl (C=O) groups is 1. The normalized spacial score (nSPS) is 13.3. The van der Waals surface area contributed by atoms with Crippen molar-refractivity contribution in [1.29, 1.82) is 5.26 Å². The number of halogens is 1. The molecule has 0 aliphatic rings. The third kappa shape index (κ3) is 3.18. The highest BCUT2D eigenvalue weighted by Gasteiger charge is 2.31. The average Bonchev–Trinajstić information content (AvgIpc) is 2.41. The van der Waals surface area contributed by atoms with Crippen molar-refractivity contribution in [2.75, 3.05) is 12.4 Å². The second kappa shape index (κ2) is 5.94. The SMILES string of the molecule is CCC(C)(C#N)C(=O)Nc1cc(C)c(Cl)cc1OC. The summed E-state index contributed by atoms with van der Waals surface area (Å²) in [5.41, 5.74) is 0.288. The molecule has 4 nitrogen and oxygen atoms in total. The van der Waals surface area contributed by atoms with Crippen LogP contribution in [0.3, 0.4) is 0 Å². The lowest BCUT2D eigenvalue weighted by Crippen LogP contribution is -2.31. The predicted molar refractivity (Wildman–Crippen MR) is 75.4 cm³/mol. The average molecular weight is 281 g/mol. The van der Waals surface area contributed by atoms with E-state index in [2.05, 4.69) is 5.32 Å². The molecular formula is C14H17ClN2O2. The molecule has 1 N–H and O–H groups in total. The molecule has 102 valence electrons. The second-order valence-electron chi connectivity index (χ2n) is 4.55. The number of methoxy groups -OCH3 is 1. The third-order valence-electron chi connectivity index (χ3n) is 3.18. The van der Waals surface area contributed by atoms with E-state index in [1.807, 2.05) is 13.0 Å². The second-order valence-corrected chi connectivity index (χ2v) is 4.96. The van der Waals surface area contributed by atoms with Crippen LogP contribution in [0.1, 0.15) is 25.8 Å². The molecule has 1 rings (SSSR count). The van der Waals surface area contributed by atoms with Crippen molar-refractivity contribution in [3.63, 3.8) is 0 Å². The van der Waals surface area contributed by atoms with Crippen LogP contribution in [0.25, 0.3) is 0 Å². The van der Waals surface area contributed by atoms with Crippen LogP contribution in [0.2, 0.25) is 5.02 Å². The zero-order valence-electron chi connectivity index (χ0n) is 11.5. The van der Waals surface area contributed by atoms with E-state index < -0.39 is 5.41 Å². The smallest absolute Gasteiger partial charge is 0.244 e. The maximum atomic E-state index is 12.1. The Morgan fingerprint density at radius 2 is 2.21 bits per heavy atom. The highest BCUT2D eigenvalue weighted by atomic mass is 35.5. The molecule has 19 heavy (non-hydrogen) atoms. The molecule has 0 aromatic heterocycles. The van der Waals surface area contributed by atoms with Gasteiger partial charge in [-0.2, -0.15) is 5.26 Å². The van der Waals surface area contributed by atoms with E-state index in [-0.39, 0.29) is 5.91 Å². The summed E-state index contributed by atoms with van der Waals surface area (Å²) in [7, 11) is 1.50. The van der Waals surface area contributed by atoms with Crippen LogP contribution >= 0.6 is 11.6 Å². The molecule has 1 atom stereocenters. The topological polar surface area (TPSA) is 62.1 Å². The minimum absolute atomic E-state index is 0.350. The molecule has 0 fully saturated rings. The quantitative estimate of drug-likeness (QED) is 0.917. The lowest BCUT2D eigenvalue weighted by Gasteiger charge is -2.20. The number of hydrogen-bond donors (Lipinski definition) is 1. The van der Waals surface area contributed by atoms with Gasteiger partial charge in [0.2, 0.25) is 5.91 Å². The molecule has 1 aromatic carbocycles. The van der Waals surface area contributed by atoms with Crippen molar-refractivity contribution in [2.24, 2.45) is 5.41 Å². The highest BCUT2D eigenvalue weighted by molar-refractivity contribution is 6.31. The van der Waals surface area contributed by atoms with Gasteiger partial charge < -0.3 is 10.1 Å². The zero-order chi connectivity index (χ0) is 14.6. The van der Waals surface area contributed by atoms with Crippen molar-refractivity contribution < 1.29 is 9.53 Å². The van der Waals surface area contributed by atoms with Crippen molar-refractivity contribution >= 4 is 23.2 Å². The number of nitriles is 1. The summed E-state index contributed by atoms with van der Waals surface area (Å²) in [6, 6.07) is 5.40. The molecule has 0 saturated carbocycles. The van der Waals surface area contributed by atoms with Gasteiger partial charge in [0, 0.05) is 11.1 Å². The monoisotopic (exact) mass is 280 g/mol. The molecule has 5 heteroatoms. The Morgan fingerprint density at radius 1 is 1.58 bits per heavy atom. The molecule has 0 saturated heterocycles. The van der Waals surface area contributed by atoms with Gasteiger partial charge >= 0.3 is 0 Å². The Morgan fingerprint density at radius 3 is 2.68 bits per heavy atom. The molecule has 0 spiro atoms. The molecule has 0 radical (unpaired) electrons. The first-order valence-electron chi connectivity index (χ1n) is 5.94. The van der Waals surface area contributed by atoms with Gasteiger partial charge in [-0.3, -0.25) is 4.79 Å². The molecule has 1 aromatic rings. The summed E-state index contributed by atoms with van der Waals surface area (Å²) in [5, 5.41) is 12.4. The van der Waals surface area contributed by atoms with Crippen LogP contribution in [-0.2, 0) is 4.79 Å². The van der Waals surface area contributed by atoms with E-state index in [1.165, 1.54) is 7.11 Å². The number of rotatable bonds is 4. The Kier molecular flexibility index (Phi) is 4.79. The number of anilines is 1. The molecule has 0 aliphatic carbocycles. The van der Waals surface area contributed by atoms with Gasteiger partial charge in [-0.05, 0) is 31.9 Å². The Hall–Kier alpha value is -1.73. The van der Waals surface area contributed by atoms with Crippen LogP contribution in [-0.4, -0.2) is 13.0 Å². The van der Waals surface area contributed by atoms with Crippen molar-refractivity contribution in [1.82, 2.24) is 0 Å². The van der Waals surface area contributed by atoms with Gasteiger partial charge in [-0.1, -0.05) is 18.5 Å². The number of nitrogens with one attached hydrogen (secondary N) is 1. The van der Waals surface area contributed by atoms with E-state index in [0.717, 1.165) is 5.56 Å². The summed E-state index contributed by atoms with van der Waals surface area (Å²) < 4.78 is 5.18. The molecule has 0 heterocycles. The summed E-state index contributed by atoms with van der Waals surface area (Å²) in [6.07, 6.45) is 0.435. The Labute approximate surface area is 118 Å². The molecule has 0 aliphatic heterocycles. The van der Waals surface area contributed by atoms with E-state index in [1.54, 1.807) is 26.0 Å². The van der Waals surface area contributed by atoms with Crippen LogP contribution in [0.5, 0.6) is 5.75 Å². The Balaban J connectivity index is 3.10. The number of hydrogen-bond acceptors (Lipinski definition) is 3. The largest absolute Gasteiger partial charge is 0.495 e. The lowest BCUT2D eigenvalue weighted by atomic mass is 9.88. The number of ether oxygens (including phenoxy) is 1. The number of aryl methyl sites for hydroxylation is 1. The van der Waals surface area contributed by atoms with Gasteiger partial charge in [0.1, 0.15) is 11.2 Å². The van der Waals surface area contributed by atoms with Gasteiger partial charge in [-0.25, -0.2) is 0 Å². The van der Waals surface area contributed by atoms with E-state index in [4.69, 9.17) is 21.6 Å². The first kappa shape index (κ1) is 15.3.